The average molecular weight is 632 g/mol. The molecule has 40 heavy (non-hydrogen) atoms. The van der Waals surface area contributed by atoms with E-state index in [1.807, 2.05) is 51.1 Å². The van der Waals surface area contributed by atoms with Crippen molar-refractivity contribution in [1.82, 2.24) is 15.5 Å². The quantitative estimate of drug-likeness (QED) is 0.234. The summed E-state index contributed by atoms with van der Waals surface area (Å²) in [6, 6.07) is 13.2. The summed E-state index contributed by atoms with van der Waals surface area (Å²) in [5, 5.41) is 14.0. The Kier molecular flexibility index (Phi) is 9.90. The molecule has 1 saturated carbocycles. The predicted molar refractivity (Wildman–Crippen MR) is 160 cm³/mol. The molecule has 0 radical (unpaired) electrons. The van der Waals surface area contributed by atoms with Gasteiger partial charge >= 0.3 is 6.09 Å². The molecule has 8 nitrogen and oxygen atoms in total. The molecule has 3 N–H and O–H groups in total. The van der Waals surface area contributed by atoms with Gasteiger partial charge in [0, 0.05) is 40.3 Å². The standard InChI is InChI=1S/C30H36BrClN4O4/c1-30(2,3)40-29(39)33-17-19-4-8-20(9-5-19)26(37)15-21(14-18-6-10-22(31)11-7-18)28(38)34-23-12-13-24-25(16-23)35-36-27(24)32/h6-7,10-13,16,19-21H,4-5,8-9,14-15,17H2,1-3H3,(H,33,39)(H,34,38)(H,35,36). The molecule has 2 amide bonds. The molecule has 1 fully saturated rings. The minimum atomic E-state index is -0.535. The van der Waals surface area contributed by atoms with Gasteiger partial charge in [-0.15, -0.1) is 0 Å². The Balaban J connectivity index is 1.36. The molecule has 0 bridgehead atoms. The number of anilines is 1. The second kappa shape index (κ2) is 13.2. The van der Waals surface area contributed by atoms with E-state index in [1.165, 1.54) is 0 Å². The van der Waals surface area contributed by atoms with Gasteiger partial charge in [-0.25, -0.2) is 4.79 Å². The molecule has 1 unspecified atom stereocenters. The molecule has 1 aliphatic carbocycles. The summed E-state index contributed by atoms with van der Waals surface area (Å²) in [5.41, 5.74) is 1.71. The SMILES string of the molecule is CC(C)(C)OC(=O)NCC1CCC(C(=O)CC(Cc2ccc(Br)cc2)C(=O)Nc2ccc3c(Cl)[nH]nc3c2)CC1. The number of rotatable bonds is 9. The van der Waals surface area contributed by atoms with Gasteiger partial charge in [0.15, 0.2) is 0 Å². The Morgan fingerprint density at radius 1 is 1.10 bits per heavy atom. The van der Waals surface area contributed by atoms with Crippen LogP contribution in [0.1, 0.15) is 58.4 Å². The van der Waals surface area contributed by atoms with Crippen molar-refractivity contribution in [3.05, 3.63) is 57.7 Å². The molecule has 4 rings (SSSR count). The zero-order valence-corrected chi connectivity index (χ0v) is 25.4. The van der Waals surface area contributed by atoms with Crippen molar-refractivity contribution in [2.45, 2.75) is 64.9 Å². The highest BCUT2D eigenvalue weighted by atomic mass is 79.9. The van der Waals surface area contributed by atoms with Crippen molar-refractivity contribution in [2.24, 2.45) is 17.8 Å². The number of hydrogen-bond donors (Lipinski definition) is 3. The minimum absolute atomic E-state index is 0.0828. The summed E-state index contributed by atoms with van der Waals surface area (Å²) < 4.78 is 6.27. The summed E-state index contributed by atoms with van der Waals surface area (Å²) in [5.74, 6) is -0.374. The zero-order chi connectivity index (χ0) is 28.9. The normalized spacial score (nSPS) is 18.2. The van der Waals surface area contributed by atoms with E-state index < -0.39 is 17.6 Å². The number of ether oxygens (including phenoxy) is 1. The van der Waals surface area contributed by atoms with Gasteiger partial charge in [0.1, 0.15) is 16.5 Å². The summed E-state index contributed by atoms with van der Waals surface area (Å²) >= 11 is 9.56. The van der Waals surface area contributed by atoms with Crippen LogP contribution >= 0.6 is 27.5 Å². The molecular weight excluding hydrogens is 596 g/mol. The number of alkyl carbamates (subject to hydrolysis) is 1. The number of halogens is 2. The van der Waals surface area contributed by atoms with E-state index in [0.717, 1.165) is 41.1 Å². The van der Waals surface area contributed by atoms with Gasteiger partial charge in [-0.05, 0) is 94.7 Å². The molecule has 0 aliphatic heterocycles. The Hall–Kier alpha value is -2.91. The lowest BCUT2D eigenvalue weighted by molar-refractivity contribution is -0.129. The fourth-order valence-electron chi connectivity index (χ4n) is 5.10. The lowest BCUT2D eigenvalue weighted by Gasteiger charge is -2.29. The zero-order valence-electron chi connectivity index (χ0n) is 23.1. The molecule has 1 aliphatic rings. The van der Waals surface area contributed by atoms with Crippen LogP contribution in [0.4, 0.5) is 10.5 Å². The minimum Gasteiger partial charge on any atom is -0.444 e. The van der Waals surface area contributed by atoms with Gasteiger partial charge in [0.05, 0.1) is 5.52 Å². The fourth-order valence-corrected chi connectivity index (χ4v) is 5.57. The first-order valence-corrected chi connectivity index (χ1v) is 14.8. The number of amides is 2. The van der Waals surface area contributed by atoms with E-state index in [2.05, 4.69) is 36.8 Å². The lowest BCUT2D eigenvalue weighted by atomic mass is 9.77. The van der Waals surface area contributed by atoms with Crippen molar-refractivity contribution in [3.63, 3.8) is 0 Å². The fraction of sp³-hybridized carbons (Fsp3) is 0.467. The maximum Gasteiger partial charge on any atom is 0.407 e. The third-order valence-corrected chi connectivity index (χ3v) is 8.04. The van der Waals surface area contributed by atoms with E-state index >= 15 is 0 Å². The van der Waals surface area contributed by atoms with Crippen molar-refractivity contribution < 1.29 is 19.1 Å². The Labute approximate surface area is 248 Å². The molecular formula is C30H36BrClN4O4. The van der Waals surface area contributed by atoms with Crippen molar-refractivity contribution in [1.29, 1.82) is 0 Å². The number of benzene rings is 2. The second-order valence-electron chi connectivity index (χ2n) is 11.6. The molecule has 10 heteroatoms. The van der Waals surface area contributed by atoms with Crippen LogP contribution in [-0.2, 0) is 20.7 Å². The molecule has 1 atom stereocenters. The van der Waals surface area contributed by atoms with E-state index in [9.17, 15) is 14.4 Å². The number of ketones is 1. The summed E-state index contributed by atoms with van der Waals surface area (Å²) in [7, 11) is 0. The van der Waals surface area contributed by atoms with E-state index in [4.69, 9.17) is 16.3 Å². The number of carbonyl (C=O) groups excluding carboxylic acids is 3. The van der Waals surface area contributed by atoms with Crippen LogP contribution in [0.5, 0.6) is 0 Å². The van der Waals surface area contributed by atoms with Crippen LogP contribution < -0.4 is 10.6 Å². The topological polar surface area (TPSA) is 113 Å². The number of H-pyrrole nitrogens is 1. The van der Waals surface area contributed by atoms with Gasteiger partial charge < -0.3 is 15.4 Å². The first kappa shape index (κ1) is 30.1. The predicted octanol–water partition coefficient (Wildman–Crippen LogP) is 7.07. The molecule has 1 heterocycles. The highest BCUT2D eigenvalue weighted by Crippen LogP contribution is 2.32. The average Bonchev–Trinajstić information content (AvgIpc) is 3.27. The van der Waals surface area contributed by atoms with Crippen LogP contribution in [-0.4, -0.2) is 40.1 Å². The van der Waals surface area contributed by atoms with E-state index in [1.54, 1.807) is 12.1 Å². The molecule has 0 saturated heterocycles. The highest BCUT2D eigenvalue weighted by Gasteiger charge is 2.31. The Morgan fingerprint density at radius 2 is 1.80 bits per heavy atom. The summed E-state index contributed by atoms with van der Waals surface area (Å²) in [4.78, 5) is 38.9. The third-order valence-electron chi connectivity index (χ3n) is 7.23. The largest absolute Gasteiger partial charge is 0.444 e. The Bertz CT molecular complexity index is 1340. The molecule has 214 valence electrons. The molecule has 0 spiro atoms. The van der Waals surface area contributed by atoms with E-state index in [0.29, 0.717) is 35.2 Å². The number of nitrogens with one attached hydrogen (secondary N) is 3. The molecule has 2 aromatic carbocycles. The second-order valence-corrected chi connectivity index (χ2v) is 12.9. The van der Waals surface area contributed by atoms with Crippen molar-refractivity contribution in [3.8, 4) is 0 Å². The maximum atomic E-state index is 13.5. The number of carbonyl (C=O) groups is 3. The van der Waals surface area contributed by atoms with E-state index in [-0.39, 0.29) is 24.0 Å². The van der Waals surface area contributed by atoms with Gasteiger partial charge in [-0.3, -0.25) is 14.7 Å². The molecule has 3 aromatic rings. The number of aromatic amines is 1. The Morgan fingerprint density at radius 3 is 2.48 bits per heavy atom. The highest BCUT2D eigenvalue weighted by molar-refractivity contribution is 9.10. The third kappa shape index (κ3) is 8.54. The number of hydrogen-bond acceptors (Lipinski definition) is 5. The number of Topliss-reactive ketones (excluding diaryl/α,β-unsaturated/α-hetero) is 1. The molecule has 1 aromatic heterocycles. The van der Waals surface area contributed by atoms with Crippen LogP contribution in [0.25, 0.3) is 10.9 Å². The first-order valence-electron chi connectivity index (χ1n) is 13.7. The van der Waals surface area contributed by atoms with Gasteiger partial charge in [-0.1, -0.05) is 39.7 Å². The van der Waals surface area contributed by atoms with Crippen LogP contribution in [0.15, 0.2) is 46.9 Å². The maximum absolute atomic E-state index is 13.5. The van der Waals surface area contributed by atoms with Crippen molar-refractivity contribution in [2.75, 3.05) is 11.9 Å². The number of aromatic nitrogens is 2. The summed E-state index contributed by atoms with van der Waals surface area (Å²) in [6.07, 6.45) is 3.41. The van der Waals surface area contributed by atoms with Crippen LogP contribution in [0, 0.1) is 17.8 Å². The van der Waals surface area contributed by atoms with Crippen molar-refractivity contribution >= 4 is 61.9 Å². The smallest absolute Gasteiger partial charge is 0.407 e. The summed E-state index contributed by atoms with van der Waals surface area (Å²) in [6.45, 7) is 6.04. The van der Waals surface area contributed by atoms with Crippen LogP contribution in [0.3, 0.4) is 0 Å². The number of nitrogens with zero attached hydrogens (tertiary/aromatic N) is 1. The van der Waals surface area contributed by atoms with Gasteiger partial charge in [0.25, 0.3) is 0 Å². The number of fused-ring (bicyclic) bond motifs is 1. The first-order chi connectivity index (χ1) is 19.0. The van der Waals surface area contributed by atoms with Gasteiger partial charge in [0.2, 0.25) is 5.91 Å². The monoisotopic (exact) mass is 630 g/mol. The lowest BCUT2D eigenvalue weighted by Crippen LogP contribution is -2.37. The van der Waals surface area contributed by atoms with Gasteiger partial charge in [-0.2, -0.15) is 5.10 Å². The van der Waals surface area contributed by atoms with Crippen LogP contribution in [0.2, 0.25) is 5.15 Å².